The third-order valence-electron chi connectivity index (χ3n) is 5.32. The summed E-state index contributed by atoms with van der Waals surface area (Å²) in [5, 5.41) is 13.1. The molecule has 2 heterocycles. The number of nitrogens with one attached hydrogen (secondary N) is 2. The van der Waals surface area contributed by atoms with Crippen LogP contribution in [0.2, 0.25) is 0 Å². The van der Waals surface area contributed by atoms with Crippen LogP contribution in [0.3, 0.4) is 0 Å². The van der Waals surface area contributed by atoms with E-state index in [2.05, 4.69) is 25.7 Å². The van der Waals surface area contributed by atoms with Crippen molar-refractivity contribution in [1.82, 2.24) is 30.2 Å². The van der Waals surface area contributed by atoms with Crippen molar-refractivity contribution in [3.8, 4) is 5.75 Å². The van der Waals surface area contributed by atoms with Gasteiger partial charge in [-0.3, -0.25) is 19.1 Å². The van der Waals surface area contributed by atoms with Crippen LogP contribution in [-0.2, 0) is 19.6 Å². The van der Waals surface area contributed by atoms with Gasteiger partial charge in [0.15, 0.2) is 5.69 Å². The Morgan fingerprint density at radius 1 is 1.05 bits per heavy atom. The Balaban J connectivity index is 1.43. The number of unbranched alkanes of at least 4 members (excludes halogenated alkanes) is 1. The van der Waals surface area contributed by atoms with Crippen molar-refractivity contribution in [1.29, 1.82) is 0 Å². The maximum Gasteiger partial charge on any atom is 0.573 e. The first-order chi connectivity index (χ1) is 18.0. The Labute approximate surface area is 216 Å². The quantitative estimate of drug-likeness (QED) is 0.345. The summed E-state index contributed by atoms with van der Waals surface area (Å²) in [5.74, 6) is -0.872. The highest BCUT2D eigenvalue weighted by molar-refractivity contribution is 5.94. The van der Waals surface area contributed by atoms with Crippen molar-refractivity contribution in [2.45, 2.75) is 52.7 Å². The SMILES string of the molecule is CC(C)CNC(=O)c1ccn(CCCCn2cc(C(=O)NCc3cccc(OC(F)(F)F)c3)nn2)c(=O)c1. The van der Waals surface area contributed by atoms with Crippen LogP contribution in [0.1, 0.15) is 53.1 Å². The van der Waals surface area contributed by atoms with E-state index in [4.69, 9.17) is 0 Å². The number of hydrogen-bond donors (Lipinski definition) is 2. The topological polar surface area (TPSA) is 120 Å². The number of nitrogens with zero attached hydrogens (tertiary/aromatic N) is 4. The minimum atomic E-state index is -4.80. The highest BCUT2D eigenvalue weighted by Gasteiger charge is 2.31. The Morgan fingerprint density at radius 3 is 2.53 bits per heavy atom. The number of amides is 2. The Bertz CT molecular complexity index is 1300. The summed E-state index contributed by atoms with van der Waals surface area (Å²) in [6.07, 6.45) is -0.438. The zero-order chi connectivity index (χ0) is 27.7. The Morgan fingerprint density at radius 2 is 1.82 bits per heavy atom. The number of pyridine rings is 1. The van der Waals surface area contributed by atoms with Gasteiger partial charge < -0.3 is 19.9 Å². The van der Waals surface area contributed by atoms with Crippen LogP contribution < -0.4 is 20.9 Å². The molecule has 0 spiro atoms. The molecule has 3 aromatic rings. The van der Waals surface area contributed by atoms with Crippen LogP contribution in [0, 0.1) is 5.92 Å². The lowest BCUT2D eigenvalue weighted by atomic mass is 10.2. The van der Waals surface area contributed by atoms with Crippen LogP contribution in [0.25, 0.3) is 0 Å². The van der Waals surface area contributed by atoms with Crippen molar-refractivity contribution in [2.75, 3.05) is 6.54 Å². The van der Waals surface area contributed by atoms with Gasteiger partial charge in [0.2, 0.25) is 0 Å². The number of carbonyl (C=O) groups excluding carboxylic acids is 2. The molecule has 0 fully saturated rings. The molecule has 0 saturated carbocycles. The van der Waals surface area contributed by atoms with E-state index >= 15 is 0 Å². The van der Waals surface area contributed by atoms with Crippen molar-refractivity contribution in [2.24, 2.45) is 5.92 Å². The summed E-state index contributed by atoms with van der Waals surface area (Å²) in [6, 6.07) is 8.23. The van der Waals surface area contributed by atoms with E-state index < -0.39 is 12.3 Å². The molecule has 0 radical (unpaired) electrons. The molecule has 10 nitrogen and oxygen atoms in total. The van der Waals surface area contributed by atoms with Crippen molar-refractivity contribution in [3.63, 3.8) is 0 Å². The van der Waals surface area contributed by atoms with Crippen molar-refractivity contribution < 1.29 is 27.5 Å². The molecule has 38 heavy (non-hydrogen) atoms. The standard InChI is InChI=1S/C25H29F3N6O4/c1-17(2)14-29-23(36)19-8-11-33(22(35)13-19)9-3-4-10-34-16-21(31-32-34)24(37)30-15-18-6-5-7-20(12-18)38-25(26,27)28/h5-8,11-13,16-17H,3-4,9-10,14-15H2,1-2H3,(H,29,36)(H,30,37). The lowest BCUT2D eigenvalue weighted by Gasteiger charge is -2.10. The summed E-state index contributed by atoms with van der Waals surface area (Å²) in [4.78, 5) is 36.8. The second kappa shape index (κ2) is 12.9. The summed E-state index contributed by atoms with van der Waals surface area (Å²) in [5.41, 5.74) is 0.544. The Kier molecular flexibility index (Phi) is 9.63. The largest absolute Gasteiger partial charge is 0.573 e. The maximum atomic E-state index is 12.4. The second-order valence-corrected chi connectivity index (χ2v) is 9.00. The highest BCUT2D eigenvalue weighted by Crippen LogP contribution is 2.23. The lowest BCUT2D eigenvalue weighted by Crippen LogP contribution is -2.29. The zero-order valence-electron chi connectivity index (χ0n) is 21.0. The molecule has 0 bridgehead atoms. The fourth-order valence-corrected chi connectivity index (χ4v) is 3.43. The molecule has 0 aliphatic rings. The zero-order valence-corrected chi connectivity index (χ0v) is 21.0. The first kappa shape index (κ1) is 28.4. The summed E-state index contributed by atoms with van der Waals surface area (Å²) < 4.78 is 44.0. The second-order valence-electron chi connectivity index (χ2n) is 9.00. The van der Waals surface area contributed by atoms with E-state index in [9.17, 15) is 27.6 Å². The molecular weight excluding hydrogens is 505 g/mol. The molecule has 0 aliphatic heterocycles. The van der Waals surface area contributed by atoms with Crippen molar-refractivity contribution in [3.05, 3.63) is 76.0 Å². The minimum absolute atomic E-state index is 0.0202. The van der Waals surface area contributed by atoms with Gasteiger partial charge in [0.05, 0.1) is 6.20 Å². The summed E-state index contributed by atoms with van der Waals surface area (Å²) in [6.45, 7) is 5.39. The molecule has 3 rings (SSSR count). The number of aryl methyl sites for hydroxylation is 2. The predicted octanol–water partition coefficient (Wildman–Crippen LogP) is 3.13. The van der Waals surface area contributed by atoms with Gasteiger partial charge in [-0.05, 0) is 42.5 Å². The van der Waals surface area contributed by atoms with Gasteiger partial charge in [0, 0.05) is 44.0 Å². The Hall–Kier alpha value is -4.16. The number of halogens is 3. The molecule has 1 aromatic carbocycles. The first-order valence-corrected chi connectivity index (χ1v) is 12.0. The highest BCUT2D eigenvalue weighted by atomic mass is 19.4. The number of benzene rings is 1. The number of aromatic nitrogens is 4. The van der Waals surface area contributed by atoms with Crippen molar-refractivity contribution >= 4 is 11.8 Å². The molecule has 2 aromatic heterocycles. The molecule has 0 atom stereocenters. The van der Waals surface area contributed by atoms with Crippen LogP contribution in [0.4, 0.5) is 13.2 Å². The van der Waals surface area contributed by atoms with E-state index in [1.54, 1.807) is 18.3 Å². The van der Waals surface area contributed by atoms with Gasteiger partial charge in [0.1, 0.15) is 5.75 Å². The normalized spacial score (nSPS) is 11.4. The molecule has 0 saturated heterocycles. The minimum Gasteiger partial charge on any atom is -0.406 e. The van der Waals surface area contributed by atoms with Gasteiger partial charge in [-0.15, -0.1) is 18.3 Å². The average Bonchev–Trinajstić information content (AvgIpc) is 3.32. The number of carbonyl (C=O) groups is 2. The van der Waals surface area contributed by atoms with E-state index in [0.29, 0.717) is 49.5 Å². The maximum absolute atomic E-state index is 12.4. The van der Waals surface area contributed by atoms with Gasteiger partial charge in [-0.2, -0.15) is 0 Å². The number of rotatable bonds is 12. The number of ether oxygens (including phenoxy) is 1. The van der Waals surface area contributed by atoms with Crippen LogP contribution in [-0.4, -0.2) is 44.3 Å². The van der Waals surface area contributed by atoms with Crippen LogP contribution in [0.5, 0.6) is 5.75 Å². The fourth-order valence-electron chi connectivity index (χ4n) is 3.43. The van der Waals surface area contributed by atoms with Gasteiger partial charge in [-0.1, -0.05) is 31.2 Å². The monoisotopic (exact) mass is 534 g/mol. The van der Waals surface area contributed by atoms with Crippen LogP contribution >= 0.6 is 0 Å². The molecule has 2 N–H and O–H groups in total. The third kappa shape index (κ3) is 9.05. The number of alkyl halides is 3. The first-order valence-electron chi connectivity index (χ1n) is 12.0. The average molecular weight is 535 g/mol. The summed E-state index contributed by atoms with van der Waals surface area (Å²) >= 11 is 0. The van der Waals surface area contributed by atoms with E-state index in [-0.39, 0.29) is 29.5 Å². The third-order valence-corrected chi connectivity index (χ3v) is 5.32. The lowest BCUT2D eigenvalue weighted by molar-refractivity contribution is -0.274. The predicted molar refractivity (Wildman–Crippen MR) is 131 cm³/mol. The number of hydrogen-bond acceptors (Lipinski definition) is 6. The molecule has 204 valence electrons. The van der Waals surface area contributed by atoms with Gasteiger partial charge in [0.25, 0.3) is 17.4 Å². The summed E-state index contributed by atoms with van der Waals surface area (Å²) in [7, 11) is 0. The van der Waals surface area contributed by atoms with Crippen LogP contribution in [0.15, 0.2) is 53.6 Å². The van der Waals surface area contributed by atoms with E-state index in [0.717, 1.165) is 0 Å². The van der Waals surface area contributed by atoms with E-state index in [1.165, 1.54) is 39.7 Å². The molecule has 0 aliphatic carbocycles. The fraction of sp³-hybridized carbons (Fsp3) is 0.400. The molecular formula is C25H29F3N6O4. The van der Waals surface area contributed by atoms with Gasteiger partial charge in [-0.25, -0.2) is 0 Å². The molecule has 13 heteroatoms. The smallest absolute Gasteiger partial charge is 0.406 e. The molecule has 0 unspecified atom stereocenters. The molecule has 2 amide bonds. The van der Waals surface area contributed by atoms with Gasteiger partial charge >= 0.3 is 6.36 Å². The van der Waals surface area contributed by atoms with E-state index in [1.807, 2.05) is 13.8 Å².